The highest BCUT2D eigenvalue weighted by Crippen LogP contribution is 2.23. The molecule has 2 N–H and O–H groups in total. The van der Waals surface area contributed by atoms with Gasteiger partial charge in [0, 0.05) is 53.6 Å². The minimum atomic E-state index is -0.255. The van der Waals surface area contributed by atoms with Crippen LogP contribution in [0.4, 0.5) is 5.69 Å². The zero-order chi connectivity index (χ0) is 20.8. The van der Waals surface area contributed by atoms with Gasteiger partial charge in [-0.15, -0.1) is 0 Å². The van der Waals surface area contributed by atoms with E-state index in [2.05, 4.69) is 16.7 Å². The Morgan fingerprint density at radius 1 is 1.21 bits per heavy atom. The average Bonchev–Trinajstić information content (AvgIpc) is 3.09. The highest BCUT2D eigenvalue weighted by atomic mass is 16.2. The Morgan fingerprint density at radius 2 is 2.00 bits per heavy atom. The van der Waals surface area contributed by atoms with Gasteiger partial charge in [-0.05, 0) is 42.8 Å². The second kappa shape index (κ2) is 8.89. The van der Waals surface area contributed by atoms with Gasteiger partial charge in [-0.25, -0.2) is 0 Å². The van der Waals surface area contributed by atoms with Gasteiger partial charge in [0.25, 0.3) is 5.91 Å². The molecule has 0 aliphatic rings. The van der Waals surface area contributed by atoms with E-state index in [0.717, 1.165) is 22.0 Å². The summed E-state index contributed by atoms with van der Waals surface area (Å²) in [6, 6.07) is 15.2. The van der Waals surface area contributed by atoms with Crippen LogP contribution >= 0.6 is 0 Å². The van der Waals surface area contributed by atoms with Crippen molar-refractivity contribution in [2.75, 3.05) is 12.4 Å². The van der Waals surface area contributed by atoms with Gasteiger partial charge >= 0.3 is 0 Å². The number of hydrogen-bond acceptors (Lipinski definition) is 3. The van der Waals surface area contributed by atoms with E-state index < -0.39 is 0 Å². The number of carbonyl (C=O) groups is 2. The lowest BCUT2D eigenvalue weighted by Crippen LogP contribution is -2.18. The summed E-state index contributed by atoms with van der Waals surface area (Å²) in [7, 11) is 1.58. The van der Waals surface area contributed by atoms with E-state index in [-0.39, 0.29) is 11.8 Å². The molecule has 146 valence electrons. The molecule has 0 aliphatic carbocycles. The molecule has 0 saturated carbocycles. The van der Waals surface area contributed by atoms with Crippen LogP contribution in [0.25, 0.3) is 17.0 Å². The second-order valence-electron chi connectivity index (χ2n) is 6.63. The van der Waals surface area contributed by atoms with Crippen LogP contribution in [0.3, 0.4) is 0 Å². The molecule has 0 bridgehead atoms. The number of fused-ring (bicyclic) bond motifs is 1. The Labute approximate surface area is 169 Å². The molecule has 2 amide bonds. The molecule has 1 aromatic heterocycles. The number of carbonyl (C=O) groups excluding carboxylic acids is 2. The third kappa shape index (κ3) is 4.53. The highest BCUT2D eigenvalue weighted by molar-refractivity contribution is 6.04. The zero-order valence-electron chi connectivity index (χ0n) is 16.4. The monoisotopic (exact) mass is 386 g/mol. The summed E-state index contributed by atoms with van der Waals surface area (Å²) < 4.78 is 2.03. The fourth-order valence-corrected chi connectivity index (χ4v) is 3.19. The quantitative estimate of drug-likeness (QED) is 0.631. The maximum Gasteiger partial charge on any atom is 0.251 e. The van der Waals surface area contributed by atoms with Crippen LogP contribution in [-0.4, -0.2) is 23.4 Å². The standard InChI is InChI=1S/C23H22N4O2/c1-16-14-17(23(29)25-2)8-10-20(16)26-22(28)11-9-18-15-27(13-5-12-24)21-7-4-3-6-19(18)21/h3-4,6-11,14-15H,5,13H2,1-2H3,(H,25,29)(H,26,28)/b11-9+. The Morgan fingerprint density at radius 3 is 2.72 bits per heavy atom. The van der Waals surface area contributed by atoms with Crippen molar-refractivity contribution in [2.45, 2.75) is 19.9 Å². The first-order valence-corrected chi connectivity index (χ1v) is 9.30. The minimum absolute atomic E-state index is 0.168. The molecule has 0 saturated heterocycles. The average molecular weight is 386 g/mol. The van der Waals surface area contributed by atoms with Gasteiger partial charge in [-0.3, -0.25) is 9.59 Å². The van der Waals surface area contributed by atoms with Crippen molar-refractivity contribution < 1.29 is 9.59 Å². The van der Waals surface area contributed by atoms with Gasteiger partial charge < -0.3 is 15.2 Å². The summed E-state index contributed by atoms with van der Waals surface area (Å²) in [5, 5.41) is 15.3. The summed E-state index contributed by atoms with van der Waals surface area (Å²) in [5.74, 6) is -0.423. The number of amides is 2. The lowest BCUT2D eigenvalue weighted by atomic mass is 10.1. The number of benzene rings is 2. The van der Waals surface area contributed by atoms with Crippen molar-refractivity contribution in [3.63, 3.8) is 0 Å². The van der Waals surface area contributed by atoms with Gasteiger partial charge in [0.2, 0.25) is 5.91 Å². The first-order chi connectivity index (χ1) is 14.0. The maximum absolute atomic E-state index is 12.4. The Hall–Kier alpha value is -3.85. The molecule has 0 aliphatic heterocycles. The number of nitrogens with one attached hydrogen (secondary N) is 2. The lowest BCUT2D eigenvalue weighted by molar-refractivity contribution is -0.111. The summed E-state index contributed by atoms with van der Waals surface area (Å²) in [5.41, 5.74) is 3.96. The van der Waals surface area contributed by atoms with Crippen molar-refractivity contribution in [2.24, 2.45) is 0 Å². The van der Waals surface area contributed by atoms with Crippen LogP contribution in [0, 0.1) is 18.3 Å². The first kappa shape index (κ1) is 19.9. The maximum atomic E-state index is 12.4. The van der Waals surface area contributed by atoms with E-state index in [1.54, 1.807) is 31.3 Å². The summed E-state index contributed by atoms with van der Waals surface area (Å²) in [6.45, 7) is 2.45. The summed E-state index contributed by atoms with van der Waals surface area (Å²) in [6.07, 6.45) is 5.64. The van der Waals surface area contributed by atoms with Crippen molar-refractivity contribution >= 4 is 34.5 Å². The molecule has 1 heterocycles. The molecule has 3 rings (SSSR count). The van der Waals surface area contributed by atoms with E-state index in [4.69, 9.17) is 5.26 Å². The summed E-state index contributed by atoms with van der Waals surface area (Å²) in [4.78, 5) is 24.1. The highest BCUT2D eigenvalue weighted by Gasteiger charge is 2.09. The fourth-order valence-electron chi connectivity index (χ4n) is 3.19. The van der Waals surface area contributed by atoms with Crippen LogP contribution in [0.15, 0.2) is 54.7 Å². The van der Waals surface area contributed by atoms with E-state index in [9.17, 15) is 9.59 Å². The molecule has 2 aromatic carbocycles. The predicted molar refractivity (Wildman–Crippen MR) is 114 cm³/mol. The Kier molecular flexibility index (Phi) is 6.10. The van der Waals surface area contributed by atoms with Crippen LogP contribution < -0.4 is 10.6 Å². The predicted octanol–water partition coefficient (Wildman–Crippen LogP) is 3.87. The normalized spacial score (nSPS) is 10.8. The molecule has 6 nitrogen and oxygen atoms in total. The molecular formula is C23H22N4O2. The number of hydrogen-bond donors (Lipinski definition) is 2. The van der Waals surface area contributed by atoms with Gasteiger partial charge in [-0.1, -0.05) is 18.2 Å². The minimum Gasteiger partial charge on any atom is -0.355 e. The topological polar surface area (TPSA) is 86.9 Å². The Balaban J connectivity index is 1.78. The zero-order valence-corrected chi connectivity index (χ0v) is 16.4. The van der Waals surface area contributed by atoms with Crippen LogP contribution in [-0.2, 0) is 11.3 Å². The van der Waals surface area contributed by atoms with E-state index in [0.29, 0.717) is 24.2 Å². The van der Waals surface area contributed by atoms with Crippen LogP contribution in [0.5, 0.6) is 0 Å². The molecular weight excluding hydrogens is 364 g/mol. The molecule has 0 unspecified atom stereocenters. The number of aryl methyl sites for hydroxylation is 2. The van der Waals surface area contributed by atoms with Crippen molar-refractivity contribution in [1.29, 1.82) is 5.26 Å². The number of anilines is 1. The molecule has 0 atom stereocenters. The number of aromatic nitrogens is 1. The van der Waals surface area contributed by atoms with Gasteiger partial charge in [-0.2, -0.15) is 5.26 Å². The SMILES string of the molecule is CNC(=O)c1ccc(NC(=O)/C=C/c2cn(CCC#N)c3ccccc23)c(C)c1. The number of para-hydroxylation sites is 1. The molecule has 6 heteroatoms. The second-order valence-corrected chi connectivity index (χ2v) is 6.63. The van der Waals surface area contributed by atoms with Crippen molar-refractivity contribution in [1.82, 2.24) is 9.88 Å². The molecule has 0 fully saturated rings. The third-order valence-electron chi connectivity index (χ3n) is 4.67. The van der Waals surface area contributed by atoms with Gasteiger partial charge in [0.15, 0.2) is 0 Å². The third-order valence-corrected chi connectivity index (χ3v) is 4.67. The van der Waals surface area contributed by atoms with Crippen molar-refractivity contribution in [3.05, 3.63) is 71.4 Å². The number of rotatable bonds is 6. The molecule has 0 radical (unpaired) electrons. The largest absolute Gasteiger partial charge is 0.355 e. The Bertz CT molecular complexity index is 1140. The number of nitrogens with zero attached hydrogens (tertiary/aromatic N) is 2. The fraction of sp³-hybridized carbons (Fsp3) is 0.174. The smallest absolute Gasteiger partial charge is 0.251 e. The van der Waals surface area contributed by atoms with E-state index in [1.807, 2.05) is 42.0 Å². The lowest BCUT2D eigenvalue weighted by Gasteiger charge is -2.08. The first-order valence-electron chi connectivity index (χ1n) is 9.30. The van der Waals surface area contributed by atoms with E-state index in [1.165, 1.54) is 6.08 Å². The summed E-state index contributed by atoms with van der Waals surface area (Å²) >= 11 is 0. The van der Waals surface area contributed by atoms with Crippen LogP contribution in [0.2, 0.25) is 0 Å². The van der Waals surface area contributed by atoms with Crippen molar-refractivity contribution in [3.8, 4) is 6.07 Å². The molecule has 29 heavy (non-hydrogen) atoms. The number of nitriles is 1. The van der Waals surface area contributed by atoms with Gasteiger partial charge in [0.05, 0.1) is 12.5 Å². The molecule has 0 spiro atoms. The van der Waals surface area contributed by atoms with E-state index >= 15 is 0 Å². The molecule has 3 aromatic rings. The van der Waals surface area contributed by atoms with Crippen LogP contribution in [0.1, 0.15) is 27.9 Å². The van der Waals surface area contributed by atoms with Gasteiger partial charge in [0.1, 0.15) is 0 Å².